The summed E-state index contributed by atoms with van der Waals surface area (Å²) in [6.45, 7) is 4.15. The second-order valence-electron chi connectivity index (χ2n) is 5.91. The number of hydrogen-bond acceptors (Lipinski definition) is 4. The monoisotopic (exact) mass is 400 g/mol. The Balaban J connectivity index is 1.96. The molecule has 0 atom stereocenters. The zero-order chi connectivity index (χ0) is 19.4. The molecule has 0 saturated carbocycles. The Bertz CT molecular complexity index is 907. The van der Waals surface area contributed by atoms with Gasteiger partial charge in [-0.2, -0.15) is 0 Å². The third kappa shape index (κ3) is 4.20. The number of amidine groups is 1. The van der Waals surface area contributed by atoms with Crippen LogP contribution < -0.4 is 9.64 Å². The van der Waals surface area contributed by atoms with E-state index in [0.29, 0.717) is 27.3 Å². The first-order valence-electron chi connectivity index (χ1n) is 8.77. The molecule has 0 unspecified atom stereocenters. The van der Waals surface area contributed by atoms with Gasteiger partial charge in [0.2, 0.25) is 0 Å². The van der Waals surface area contributed by atoms with Crippen molar-refractivity contribution in [3.8, 4) is 5.75 Å². The number of carbonyl (C=O) groups is 1. The van der Waals surface area contributed by atoms with Gasteiger partial charge in [0.25, 0.3) is 5.91 Å². The number of rotatable bonds is 5. The van der Waals surface area contributed by atoms with Crippen LogP contribution in [0.1, 0.15) is 25.0 Å². The molecule has 0 aliphatic carbocycles. The number of methoxy groups -OCH3 is 1. The fourth-order valence-electron chi connectivity index (χ4n) is 2.75. The Morgan fingerprint density at radius 3 is 2.52 bits per heavy atom. The molecule has 0 fully saturated rings. The Hall–Kier alpha value is -2.24. The molecular weight excluding hydrogens is 380 g/mol. The lowest BCUT2D eigenvalue weighted by atomic mass is 10.1. The Kier molecular flexibility index (Phi) is 6.24. The van der Waals surface area contributed by atoms with Gasteiger partial charge < -0.3 is 4.74 Å². The van der Waals surface area contributed by atoms with Crippen molar-refractivity contribution < 1.29 is 9.53 Å². The first-order chi connectivity index (χ1) is 13.1. The van der Waals surface area contributed by atoms with Gasteiger partial charge in [-0.05, 0) is 47.6 Å². The summed E-state index contributed by atoms with van der Waals surface area (Å²) in [5.41, 5.74) is 3.31. The predicted octanol–water partition coefficient (Wildman–Crippen LogP) is 5.41. The highest BCUT2D eigenvalue weighted by Crippen LogP contribution is 2.34. The Morgan fingerprint density at radius 1 is 1.19 bits per heavy atom. The lowest BCUT2D eigenvalue weighted by Gasteiger charge is -2.18. The molecule has 2 aromatic carbocycles. The van der Waals surface area contributed by atoms with Crippen LogP contribution in [0.5, 0.6) is 5.75 Å². The zero-order valence-corrected chi connectivity index (χ0v) is 17.1. The minimum atomic E-state index is -0.160. The number of carbonyl (C=O) groups excluding carboxylic acids is 1. The van der Waals surface area contributed by atoms with Crippen molar-refractivity contribution in [3.05, 3.63) is 64.3 Å². The normalized spacial score (nSPS) is 15.4. The van der Waals surface area contributed by atoms with Gasteiger partial charge in [-0.25, -0.2) is 4.99 Å². The third-order valence-corrected chi connectivity index (χ3v) is 5.30. The average Bonchev–Trinajstić information content (AvgIpc) is 2.97. The summed E-state index contributed by atoms with van der Waals surface area (Å²) in [6.07, 6.45) is 2.81. The molecule has 0 N–H and O–H groups in total. The second kappa shape index (κ2) is 8.63. The molecule has 1 heterocycles. The lowest BCUT2D eigenvalue weighted by Crippen LogP contribution is -2.30. The SMILES string of the molecule is CCSC1=NC(=Cc2ccc(CC)cc2)C(=O)N1c1ccc(OC)c(Cl)c1. The highest BCUT2D eigenvalue weighted by Gasteiger charge is 2.32. The minimum absolute atomic E-state index is 0.160. The highest BCUT2D eigenvalue weighted by molar-refractivity contribution is 8.14. The van der Waals surface area contributed by atoms with Crippen LogP contribution in [0.3, 0.4) is 0 Å². The van der Waals surface area contributed by atoms with Gasteiger partial charge in [-0.1, -0.05) is 61.5 Å². The van der Waals surface area contributed by atoms with Gasteiger partial charge in [0, 0.05) is 0 Å². The molecule has 1 aliphatic heterocycles. The molecule has 1 aliphatic rings. The molecule has 4 nitrogen and oxygen atoms in total. The summed E-state index contributed by atoms with van der Waals surface area (Å²) < 4.78 is 5.20. The number of nitrogens with zero attached hydrogens (tertiary/aromatic N) is 2. The zero-order valence-electron chi connectivity index (χ0n) is 15.5. The molecule has 3 rings (SSSR count). The van der Waals surface area contributed by atoms with E-state index >= 15 is 0 Å². The van der Waals surface area contributed by atoms with Crippen LogP contribution in [0.25, 0.3) is 6.08 Å². The molecule has 0 spiro atoms. The molecule has 0 aromatic heterocycles. The molecular formula is C21H21ClN2O2S. The number of hydrogen-bond donors (Lipinski definition) is 0. The van der Waals surface area contributed by atoms with Crippen LogP contribution in [-0.4, -0.2) is 23.9 Å². The maximum Gasteiger partial charge on any atom is 0.283 e. The fourth-order valence-corrected chi connectivity index (χ4v) is 3.74. The first-order valence-corrected chi connectivity index (χ1v) is 10.1. The van der Waals surface area contributed by atoms with Crippen molar-refractivity contribution in [3.63, 3.8) is 0 Å². The van der Waals surface area contributed by atoms with E-state index in [4.69, 9.17) is 16.3 Å². The van der Waals surface area contributed by atoms with Gasteiger partial charge in [0.1, 0.15) is 11.4 Å². The summed E-state index contributed by atoms with van der Waals surface area (Å²) in [4.78, 5) is 19.2. The van der Waals surface area contributed by atoms with E-state index in [1.807, 2.05) is 31.2 Å². The van der Waals surface area contributed by atoms with E-state index < -0.39 is 0 Å². The second-order valence-corrected chi connectivity index (χ2v) is 7.55. The number of anilines is 1. The number of benzene rings is 2. The maximum atomic E-state index is 13.0. The van der Waals surface area contributed by atoms with Crippen molar-refractivity contribution in [1.82, 2.24) is 0 Å². The summed E-state index contributed by atoms with van der Waals surface area (Å²) in [5, 5.41) is 1.11. The van der Waals surface area contributed by atoms with Gasteiger partial charge in [0.05, 0.1) is 17.8 Å². The van der Waals surface area contributed by atoms with Gasteiger partial charge in [0.15, 0.2) is 5.17 Å². The van der Waals surface area contributed by atoms with Gasteiger partial charge in [-0.15, -0.1) is 0 Å². The minimum Gasteiger partial charge on any atom is -0.495 e. The molecule has 1 amide bonds. The van der Waals surface area contributed by atoms with Gasteiger partial charge in [-0.3, -0.25) is 9.69 Å². The third-order valence-electron chi connectivity index (χ3n) is 4.19. The molecule has 27 heavy (non-hydrogen) atoms. The Morgan fingerprint density at radius 2 is 1.93 bits per heavy atom. The summed E-state index contributed by atoms with van der Waals surface area (Å²) in [7, 11) is 1.56. The summed E-state index contributed by atoms with van der Waals surface area (Å²) >= 11 is 7.77. The summed E-state index contributed by atoms with van der Waals surface area (Å²) in [6, 6.07) is 13.4. The number of ether oxygens (including phenoxy) is 1. The van der Waals surface area contributed by atoms with Crippen molar-refractivity contribution >= 4 is 46.2 Å². The number of aryl methyl sites for hydroxylation is 1. The quantitative estimate of drug-likeness (QED) is 0.630. The van der Waals surface area contributed by atoms with E-state index in [2.05, 4.69) is 24.0 Å². The van der Waals surface area contributed by atoms with Crippen molar-refractivity contribution in [2.45, 2.75) is 20.3 Å². The molecule has 2 aromatic rings. The van der Waals surface area contributed by atoms with Crippen LogP contribution >= 0.6 is 23.4 Å². The van der Waals surface area contributed by atoms with Crippen LogP contribution in [0.4, 0.5) is 5.69 Å². The number of amides is 1. The van der Waals surface area contributed by atoms with Crippen molar-refractivity contribution in [2.24, 2.45) is 4.99 Å². The molecule has 0 radical (unpaired) electrons. The standard InChI is InChI=1S/C21H21ClN2O2S/c1-4-14-6-8-15(9-7-14)12-18-20(25)24(21(23-18)27-5-2)16-10-11-19(26-3)17(22)13-16/h6-13H,4-5H2,1-3H3. The van der Waals surface area contributed by atoms with E-state index in [1.165, 1.54) is 17.3 Å². The van der Waals surface area contributed by atoms with E-state index in [1.54, 1.807) is 24.1 Å². The van der Waals surface area contributed by atoms with E-state index in [-0.39, 0.29) is 5.91 Å². The van der Waals surface area contributed by atoms with Crippen molar-refractivity contribution in [1.29, 1.82) is 0 Å². The molecule has 140 valence electrons. The topological polar surface area (TPSA) is 41.9 Å². The van der Waals surface area contributed by atoms with E-state index in [0.717, 1.165) is 17.7 Å². The van der Waals surface area contributed by atoms with Crippen LogP contribution in [0.15, 0.2) is 53.2 Å². The molecule has 0 saturated heterocycles. The highest BCUT2D eigenvalue weighted by atomic mass is 35.5. The number of aliphatic imine (C=N–C) groups is 1. The average molecular weight is 401 g/mol. The smallest absolute Gasteiger partial charge is 0.283 e. The first kappa shape index (κ1) is 19.5. The molecule has 6 heteroatoms. The largest absolute Gasteiger partial charge is 0.495 e. The van der Waals surface area contributed by atoms with Crippen LogP contribution in [0.2, 0.25) is 5.02 Å². The lowest BCUT2D eigenvalue weighted by molar-refractivity contribution is -0.113. The number of thioether (sulfide) groups is 1. The van der Waals surface area contributed by atoms with Crippen LogP contribution in [-0.2, 0) is 11.2 Å². The summed E-state index contributed by atoms with van der Waals surface area (Å²) in [5.74, 6) is 1.22. The number of halogens is 1. The molecule has 0 bridgehead atoms. The maximum absolute atomic E-state index is 13.0. The van der Waals surface area contributed by atoms with Crippen LogP contribution in [0, 0.1) is 0 Å². The van der Waals surface area contributed by atoms with Crippen molar-refractivity contribution in [2.75, 3.05) is 17.8 Å². The Labute approximate surface area is 168 Å². The fraction of sp³-hybridized carbons (Fsp3) is 0.238. The van der Waals surface area contributed by atoms with E-state index in [9.17, 15) is 4.79 Å². The predicted molar refractivity (Wildman–Crippen MR) is 115 cm³/mol. The van der Waals surface area contributed by atoms with Gasteiger partial charge >= 0.3 is 0 Å².